The van der Waals surface area contributed by atoms with Gasteiger partial charge in [0.05, 0.1) is 18.4 Å². The van der Waals surface area contributed by atoms with Gasteiger partial charge in [0, 0.05) is 56.4 Å². The second kappa shape index (κ2) is 18.0. The maximum absolute atomic E-state index is 14.5. The number of urea groups is 1. The van der Waals surface area contributed by atoms with E-state index in [2.05, 4.69) is 36.2 Å². The van der Waals surface area contributed by atoms with Gasteiger partial charge in [-0.05, 0) is 96.0 Å². The van der Waals surface area contributed by atoms with Crippen LogP contribution >= 0.6 is 0 Å². The van der Waals surface area contributed by atoms with E-state index in [0.717, 1.165) is 43.4 Å². The molecular weight excluding hydrogens is 767 g/mol. The minimum Gasteiger partial charge on any atom is -0.347 e. The van der Waals surface area contributed by atoms with E-state index in [-0.39, 0.29) is 35.9 Å². The number of likely N-dealkylation sites (N-methyl/N-ethyl adjacent to an activating group) is 1. The van der Waals surface area contributed by atoms with Crippen molar-refractivity contribution in [2.24, 2.45) is 5.92 Å². The fourth-order valence-corrected chi connectivity index (χ4v) is 8.10. The van der Waals surface area contributed by atoms with E-state index in [9.17, 15) is 28.8 Å². The number of nitrogens with one attached hydrogen (secondary N) is 4. The molecule has 3 atom stereocenters. The van der Waals surface area contributed by atoms with Gasteiger partial charge in [-0.2, -0.15) is 4.98 Å². The lowest BCUT2D eigenvalue weighted by Crippen LogP contribution is -2.62. The second-order valence-corrected chi connectivity index (χ2v) is 16.9. The fourth-order valence-electron chi connectivity index (χ4n) is 8.10. The Morgan fingerprint density at radius 2 is 1.65 bits per heavy atom. The summed E-state index contributed by atoms with van der Waals surface area (Å²) in [6, 6.07) is 5.98. The Morgan fingerprint density at radius 3 is 2.33 bits per heavy atom. The molecule has 4 heterocycles. The van der Waals surface area contributed by atoms with Crippen molar-refractivity contribution in [2.45, 2.75) is 110 Å². The number of fused-ring (bicyclic) bond motifs is 1. The predicted molar refractivity (Wildman–Crippen MR) is 227 cm³/mol. The maximum Gasteiger partial charge on any atom is 0.330 e. The van der Waals surface area contributed by atoms with Gasteiger partial charge in [-0.15, -0.1) is 0 Å². The van der Waals surface area contributed by atoms with Crippen molar-refractivity contribution in [1.82, 2.24) is 40.7 Å². The molecule has 3 aromatic rings. The van der Waals surface area contributed by atoms with E-state index in [1.54, 1.807) is 77.4 Å². The zero-order chi connectivity index (χ0) is 43.5. The largest absolute Gasteiger partial charge is 0.347 e. The summed E-state index contributed by atoms with van der Waals surface area (Å²) in [6.07, 6.45) is 8.67. The molecule has 0 spiro atoms. The molecule has 0 radical (unpaired) electrons. The molecule has 1 aromatic carbocycles. The van der Waals surface area contributed by atoms with Crippen LogP contribution in [0.4, 0.5) is 27.9 Å². The van der Waals surface area contributed by atoms with Gasteiger partial charge in [0.25, 0.3) is 5.91 Å². The van der Waals surface area contributed by atoms with Gasteiger partial charge in [-0.3, -0.25) is 38.8 Å². The highest BCUT2D eigenvalue weighted by Gasteiger charge is 2.43. The van der Waals surface area contributed by atoms with Crippen LogP contribution in [0.1, 0.15) is 92.9 Å². The number of aryl methyl sites for hydroxylation is 2. The highest BCUT2D eigenvalue weighted by molar-refractivity contribution is 6.07. The molecule has 0 bridgehead atoms. The summed E-state index contributed by atoms with van der Waals surface area (Å²) in [6.45, 7) is 8.93. The first-order chi connectivity index (χ1) is 28.4. The van der Waals surface area contributed by atoms with Crippen LogP contribution < -0.4 is 31.1 Å². The SMILES string of the molecule is Cc1ccc(Nc2ncc3c(n2)N(C)C(=O)N(c2cc(C(=O)N[C@H](C(=O)N4CCC[C@H]4C(=O)NC(C)(C)C(=O)N[C@@H](C)C(=O)N(C)C)C4CCCCC4)ccc2C)C3)cn1. The van der Waals surface area contributed by atoms with Gasteiger partial charge in [-0.1, -0.05) is 25.3 Å². The number of rotatable bonds is 12. The number of aromatic nitrogens is 3. The van der Waals surface area contributed by atoms with E-state index in [0.29, 0.717) is 48.1 Å². The van der Waals surface area contributed by atoms with Crippen LogP contribution in [-0.4, -0.2) is 112 Å². The summed E-state index contributed by atoms with van der Waals surface area (Å²) >= 11 is 0. The molecule has 2 aromatic heterocycles. The summed E-state index contributed by atoms with van der Waals surface area (Å²) in [5.74, 6) is -1.48. The van der Waals surface area contributed by atoms with Gasteiger partial charge < -0.3 is 31.1 Å². The van der Waals surface area contributed by atoms with Gasteiger partial charge in [0.2, 0.25) is 29.6 Å². The van der Waals surface area contributed by atoms with Crippen LogP contribution in [0.5, 0.6) is 0 Å². The number of nitrogens with zero attached hydrogens (tertiary/aromatic N) is 7. The molecule has 320 valence electrons. The highest BCUT2D eigenvalue weighted by atomic mass is 16.2. The number of pyridine rings is 1. The van der Waals surface area contributed by atoms with Crippen molar-refractivity contribution < 1.29 is 28.8 Å². The molecule has 1 saturated carbocycles. The van der Waals surface area contributed by atoms with E-state index < -0.39 is 41.4 Å². The van der Waals surface area contributed by atoms with Gasteiger partial charge in [-0.25, -0.2) is 9.78 Å². The van der Waals surface area contributed by atoms with Crippen molar-refractivity contribution >= 4 is 58.7 Å². The first-order valence-electron chi connectivity index (χ1n) is 20.6. The second-order valence-electron chi connectivity index (χ2n) is 16.9. The Morgan fingerprint density at radius 1 is 0.917 bits per heavy atom. The van der Waals surface area contributed by atoms with Crippen molar-refractivity contribution in [3.63, 3.8) is 0 Å². The average molecular weight is 824 g/mol. The van der Waals surface area contributed by atoms with Crippen LogP contribution in [0.25, 0.3) is 0 Å². The van der Waals surface area contributed by atoms with Crippen LogP contribution in [0.15, 0.2) is 42.7 Å². The maximum atomic E-state index is 14.5. The minimum atomic E-state index is -1.38. The molecule has 17 heteroatoms. The van der Waals surface area contributed by atoms with Crippen molar-refractivity contribution in [2.75, 3.05) is 42.8 Å². The molecule has 1 saturated heterocycles. The Hall–Kier alpha value is -6.13. The van der Waals surface area contributed by atoms with Crippen LogP contribution in [0, 0.1) is 19.8 Å². The summed E-state index contributed by atoms with van der Waals surface area (Å²) in [4.78, 5) is 101. The monoisotopic (exact) mass is 823 g/mol. The lowest BCUT2D eigenvalue weighted by Gasteiger charge is -2.36. The van der Waals surface area contributed by atoms with Gasteiger partial charge in [0.15, 0.2) is 0 Å². The molecule has 4 N–H and O–H groups in total. The molecule has 60 heavy (non-hydrogen) atoms. The summed E-state index contributed by atoms with van der Waals surface area (Å²) in [5.41, 5.74) is 2.49. The Balaban J connectivity index is 1.18. The third-order valence-corrected chi connectivity index (χ3v) is 11.6. The normalized spacial score (nSPS) is 18.0. The summed E-state index contributed by atoms with van der Waals surface area (Å²) in [7, 11) is 4.83. The van der Waals surface area contributed by atoms with E-state index >= 15 is 0 Å². The Labute approximate surface area is 351 Å². The molecule has 0 unspecified atom stereocenters. The smallest absolute Gasteiger partial charge is 0.330 e. The molecule has 6 rings (SSSR count). The highest BCUT2D eigenvalue weighted by Crippen LogP contribution is 2.34. The number of carbonyl (C=O) groups is 6. The summed E-state index contributed by atoms with van der Waals surface area (Å²) < 4.78 is 0. The van der Waals surface area contributed by atoms with Crippen molar-refractivity contribution in [1.29, 1.82) is 0 Å². The topological polar surface area (TPSA) is 202 Å². The van der Waals surface area contributed by atoms with Gasteiger partial charge >= 0.3 is 6.03 Å². The molecular formula is C43H57N11O6. The number of hydrogen-bond donors (Lipinski definition) is 4. The zero-order valence-corrected chi connectivity index (χ0v) is 35.8. The quantitative estimate of drug-likeness (QED) is 0.207. The van der Waals surface area contributed by atoms with Crippen LogP contribution in [-0.2, 0) is 25.7 Å². The zero-order valence-electron chi connectivity index (χ0n) is 35.8. The first-order valence-corrected chi connectivity index (χ1v) is 20.6. The van der Waals surface area contributed by atoms with Gasteiger partial charge in [0.1, 0.15) is 29.5 Å². The number of carbonyl (C=O) groups excluding carboxylic acids is 6. The minimum absolute atomic E-state index is 0.141. The molecule has 3 aliphatic rings. The van der Waals surface area contributed by atoms with E-state index in [4.69, 9.17) is 0 Å². The number of amides is 7. The lowest BCUT2D eigenvalue weighted by molar-refractivity contribution is -0.143. The number of likely N-dealkylation sites (tertiary alicyclic amines) is 1. The summed E-state index contributed by atoms with van der Waals surface area (Å²) in [5, 5.41) is 11.7. The van der Waals surface area contributed by atoms with E-state index in [1.807, 2.05) is 26.0 Å². The standard InChI is InChI=1S/C43H57N11O6/c1-25-16-18-29(21-33(25)54-24-30-22-45-41(49-35(30)52(8)42(54)60)47-31-19-17-26(2)44-23-31)36(55)48-34(28-13-10-9-11-14-28)39(58)53-20-12-15-32(53)37(56)50-43(4,5)40(59)46-27(3)38(57)51(6)7/h16-19,21-23,27-28,32,34H,9-15,20,24H2,1-8H3,(H,46,59)(H,48,55)(H,50,56)(H,45,47,49)/t27-,32-,34-/m0/s1. The van der Waals surface area contributed by atoms with E-state index in [1.165, 1.54) is 14.7 Å². The Kier molecular flexibility index (Phi) is 13.0. The third-order valence-electron chi connectivity index (χ3n) is 11.6. The fraction of sp³-hybridized carbons (Fsp3) is 0.512. The van der Waals surface area contributed by atoms with Crippen LogP contribution in [0.2, 0.25) is 0 Å². The molecule has 1 aliphatic carbocycles. The predicted octanol–water partition coefficient (Wildman–Crippen LogP) is 3.97. The van der Waals surface area contributed by atoms with Crippen molar-refractivity contribution in [3.8, 4) is 0 Å². The average Bonchev–Trinajstić information content (AvgIpc) is 3.73. The molecule has 17 nitrogen and oxygen atoms in total. The lowest BCUT2D eigenvalue weighted by atomic mass is 9.83. The molecule has 7 amide bonds. The number of hydrogen-bond acceptors (Lipinski definition) is 10. The molecule has 2 aliphatic heterocycles. The first kappa shape index (κ1) is 43.4. The number of anilines is 4. The molecule has 2 fully saturated rings. The Bertz CT molecular complexity index is 2140. The van der Waals surface area contributed by atoms with Crippen molar-refractivity contribution in [3.05, 3.63) is 65.1 Å². The third kappa shape index (κ3) is 9.50. The number of benzene rings is 1. The van der Waals surface area contributed by atoms with Crippen LogP contribution in [0.3, 0.4) is 0 Å².